The number of hydrogen-bond acceptors (Lipinski definition) is 3. The molecule has 0 aliphatic heterocycles. The molecule has 3 nitrogen and oxygen atoms in total. The highest BCUT2D eigenvalue weighted by molar-refractivity contribution is 5.85. The zero-order chi connectivity index (χ0) is 16.5. The summed E-state index contributed by atoms with van der Waals surface area (Å²) in [6.45, 7) is 5.64. The highest BCUT2D eigenvalue weighted by atomic mass is 35.5. The standard InChI is InChI=1S/C20H27NO2.ClH/c1-4-9-18(17-10-7-6-8-11-17)21-15-16-12-13-19(23-5-2)20(14-16)22-3;/h6-8,10-14,18,21H,4-5,9,15H2,1-3H3;1H. The van der Waals surface area contributed by atoms with Gasteiger partial charge in [-0.2, -0.15) is 0 Å². The molecule has 0 saturated heterocycles. The van der Waals surface area contributed by atoms with Crippen molar-refractivity contribution in [1.82, 2.24) is 5.32 Å². The molecule has 24 heavy (non-hydrogen) atoms. The van der Waals surface area contributed by atoms with E-state index in [0.29, 0.717) is 12.6 Å². The minimum atomic E-state index is 0. The molecule has 0 radical (unpaired) electrons. The number of halogens is 1. The third kappa shape index (κ3) is 5.73. The van der Waals surface area contributed by atoms with Crippen LogP contribution in [-0.4, -0.2) is 13.7 Å². The Hall–Kier alpha value is -1.71. The normalized spacial score (nSPS) is 11.5. The number of benzene rings is 2. The van der Waals surface area contributed by atoms with Crippen LogP contribution in [0.4, 0.5) is 0 Å². The lowest BCUT2D eigenvalue weighted by Gasteiger charge is -2.19. The van der Waals surface area contributed by atoms with Crippen LogP contribution in [0.3, 0.4) is 0 Å². The maximum atomic E-state index is 5.57. The van der Waals surface area contributed by atoms with Crippen LogP contribution >= 0.6 is 12.4 Å². The van der Waals surface area contributed by atoms with Crippen molar-refractivity contribution in [2.24, 2.45) is 0 Å². The Morgan fingerprint density at radius 1 is 1.00 bits per heavy atom. The van der Waals surface area contributed by atoms with E-state index in [1.165, 1.54) is 11.1 Å². The van der Waals surface area contributed by atoms with Crippen molar-refractivity contribution < 1.29 is 9.47 Å². The lowest BCUT2D eigenvalue weighted by atomic mass is 10.0. The Morgan fingerprint density at radius 3 is 2.38 bits per heavy atom. The molecule has 1 N–H and O–H groups in total. The molecular weight excluding hydrogens is 322 g/mol. The maximum Gasteiger partial charge on any atom is 0.161 e. The van der Waals surface area contributed by atoms with E-state index in [1.807, 2.05) is 19.1 Å². The fourth-order valence-corrected chi connectivity index (χ4v) is 2.70. The predicted molar refractivity (Wildman–Crippen MR) is 102 cm³/mol. The molecule has 0 aromatic heterocycles. The molecule has 4 heteroatoms. The SMILES string of the molecule is CCCC(NCc1ccc(OCC)c(OC)c1)c1ccccc1.Cl. The summed E-state index contributed by atoms with van der Waals surface area (Å²) in [5.41, 5.74) is 2.54. The fourth-order valence-electron chi connectivity index (χ4n) is 2.70. The van der Waals surface area contributed by atoms with E-state index in [0.717, 1.165) is 30.9 Å². The Bertz CT molecular complexity index is 589. The summed E-state index contributed by atoms with van der Waals surface area (Å²) in [5, 5.41) is 3.66. The van der Waals surface area contributed by atoms with Gasteiger partial charge in [-0.25, -0.2) is 0 Å². The Kier molecular flexibility index (Phi) is 9.28. The van der Waals surface area contributed by atoms with Gasteiger partial charge in [-0.3, -0.25) is 0 Å². The van der Waals surface area contributed by atoms with E-state index < -0.39 is 0 Å². The van der Waals surface area contributed by atoms with E-state index in [1.54, 1.807) is 7.11 Å². The van der Waals surface area contributed by atoms with Crippen molar-refractivity contribution in [3.63, 3.8) is 0 Å². The third-order valence-electron chi connectivity index (χ3n) is 3.86. The van der Waals surface area contributed by atoms with Crippen molar-refractivity contribution in [2.75, 3.05) is 13.7 Å². The van der Waals surface area contributed by atoms with Gasteiger partial charge in [0.2, 0.25) is 0 Å². The molecule has 0 fully saturated rings. The molecule has 0 spiro atoms. The zero-order valence-electron chi connectivity index (χ0n) is 14.7. The predicted octanol–water partition coefficient (Wildman–Crippen LogP) is 5.15. The van der Waals surface area contributed by atoms with Gasteiger partial charge < -0.3 is 14.8 Å². The number of methoxy groups -OCH3 is 1. The van der Waals surface area contributed by atoms with Crippen molar-refractivity contribution in [2.45, 2.75) is 39.3 Å². The molecule has 1 atom stereocenters. The van der Waals surface area contributed by atoms with Crippen molar-refractivity contribution in [1.29, 1.82) is 0 Å². The van der Waals surface area contributed by atoms with E-state index in [2.05, 4.69) is 48.6 Å². The van der Waals surface area contributed by atoms with Crippen molar-refractivity contribution in [3.05, 3.63) is 59.7 Å². The largest absolute Gasteiger partial charge is 0.493 e. The summed E-state index contributed by atoms with van der Waals surface area (Å²) < 4.78 is 11.0. The second-order valence-electron chi connectivity index (χ2n) is 5.55. The van der Waals surface area contributed by atoms with Crippen LogP contribution in [0, 0.1) is 0 Å². The Morgan fingerprint density at radius 2 is 1.75 bits per heavy atom. The van der Waals surface area contributed by atoms with Crippen LogP contribution in [0.5, 0.6) is 11.5 Å². The molecular formula is C20H28ClNO2. The summed E-state index contributed by atoms with van der Waals surface area (Å²) in [4.78, 5) is 0. The highest BCUT2D eigenvalue weighted by Gasteiger charge is 2.11. The van der Waals surface area contributed by atoms with Gasteiger partial charge >= 0.3 is 0 Å². The Labute approximate surface area is 151 Å². The molecule has 0 saturated carbocycles. The van der Waals surface area contributed by atoms with Gasteiger partial charge in [0, 0.05) is 12.6 Å². The first-order valence-electron chi connectivity index (χ1n) is 8.36. The number of rotatable bonds is 9. The molecule has 132 valence electrons. The Balaban J connectivity index is 0.00000288. The summed E-state index contributed by atoms with van der Waals surface area (Å²) >= 11 is 0. The fraction of sp³-hybridized carbons (Fsp3) is 0.400. The molecule has 0 aliphatic carbocycles. The second-order valence-corrected chi connectivity index (χ2v) is 5.55. The molecule has 2 rings (SSSR count). The number of hydrogen-bond donors (Lipinski definition) is 1. The molecule has 0 heterocycles. The van der Waals surface area contributed by atoms with Gasteiger partial charge in [0.05, 0.1) is 13.7 Å². The lowest BCUT2D eigenvalue weighted by Crippen LogP contribution is -2.20. The summed E-state index contributed by atoms with van der Waals surface area (Å²) in [5.74, 6) is 1.59. The smallest absolute Gasteiger partial charge is 0.161 e. The molecule has 2 aromatic rings. The number of ether oxygens (including phenoxy) is 2. The maximum absolute atomic E-state index is 5.57. The van der Waals surface area contributed by atoms with E-state index in [-0.39, 0.29) is 12.4 Å². The zero-order valence-corrected chi connectivity index (χ0v) is 15.6. The van der Waals surface area contributed by atoms with Gasteiger partial charge in [-0.05, 0) is 36.6 Å². The molecule has 0 bridgehead atoms. The minimum Gasteiger partial charge on any atom is -0.493 e. The summed E-state index contributed by atoms with van der Waals surface area (Å²) in [7, 11) is 1.68. The average Bonchev–Trinajstić information content (AvgIpc) is 2.60. The first-order chi connectivity index (χ1) is 11.3. The first kappa shape index (κ1) is 20.3. The van der Waals surface area contributed by atoms with Gasteiger partial charge in [-0.1, -0.05) is 49.7 Å². The average molecular weight is 350 g/mol. The molecule has 1 unspecified atom stereocenters. The second kappa shape index (κ2) is 11.0. The van der Waals surface area contributed by atoms with Gasteiger partial charge in [0.1, 0.15) is 0 Å². The quantitative estimate of drug-likeness (QED) is 0.679. The van der Waals surface area contributed by atoms with Crippen molar-refractivity contribution in [3.8, 4) is 11.5 Å². The van der Waals surface area contributed by atoms with Crippen LogP contribution in [0.25, 0.3) is 0 Å². The van der Waals surface area contributed by atoms with E-state index in [4.69, 9.17) is 9.47 Å². The third-order valence-corrected chi connectivity index (χ3v) is 3.86. The van der Waals surface area contributed by atoms with Gasteiger partial charge in [-0.15, -0.1) is 12.4 Å². The van der Waals surface area contributed by atoms with E-state index in [9.17, 15) is 0 Å². The number of nitrogens with one attached hydrogen (secondary N) is 1. The minimum absolute atomic E-state index is 0. The van der Waals surface area contributed by atoms with E-state index >= 15 is 0 Å². The van der Waals surface area contributed by atoms with Gasteiger partial charge in [0.25, 0.3) is 0 Å². The van der Waals surface area contributed by atoms with Crippen LogP contribution in [0.2, 0.25) is 0 Å². The van der Waals surface area contributed by atoms with Crippen LogP contribution in [0.15, 0.2) is 48.5 Å². The molecule has 2 aromatic carbocycles. The topological polar surface area (TPSA) is 30.5 Å². The summed E-state index contributed by atoms with van der Waals surface area (Å²) in [6.07, 6.45) is 2.28. The highest BCUT2D eigenvalue weighted by Crippen LogP contribution is 2.28. The van der Waals surface area contributed by atoms with Crippen LogP contribution in [0.1, 0.15) is 43.9 Å². The van der Waals surface area contributed by atoms with Crippen LogP contribution in [-0.2, 0) is 6.54 Å². The monoisotopic (exact) mass is 349 g/mol. The van der Waals surface area contributed by atoms with Crippen molar-refractivity contribution >= 4 is 12.4 Å². The molecule has 0 amide bonds. The van der Waals surface area contributed by atoms with Crippen LogP contribution < -0.4 is 14.8 Å². The molecule has 0 aliphatic rings. The van der Waals surface area contributed by atoms with Gasteiger partial charge in [0.15, 0.2) is 11.5 Å². The lowest BCUT2D eigenvalue weighted by molar-refractivity contribution is 0.310. The summed E-state index contributed by atoms with van der Waals surface area (Å²) in [6, 6.07) is 17.1. The first-order valence-corrected chi connectivity index (χ1v) is 8.36.